The average molecular weight is 371 g/mol. The van der Waals surface area contributed by atoms with E-state index >= 15 is 0 Å². The van der Waals surface area contributed by atoms with Crippen LogP contribution >= 0.6 is 11.8 Å². The Kier molecular flexibility index (Phi) is 5.68. The van der Waals surface area contributed by atoms with E-state index in [0.717, 1.165) is 16.7 Å². The summed E-state index contributed by atoms with van der Waals surface area (Å²) < 4.78 is 18.5. The van der Waals surface area contributed by atoms with E-state index in [1.54, 1.807) is 19.1 Å². The molecule has 5 nitrogen and oxygen atoms in total. The topological polar surface area (TPSA) is 68.0 Å². The van der Waals surface area contributed by atoms with Gasteiger partial charge in [-0.3, -0.25) is 4.79 Å². The molecule has 7 heteroatoms. The summed E-state index contributed by atoms with van der Waals surface area (Å²) in [5.41, 5.74) is 2.78. The lowest BCUT2D eigenvalue weighted by molar-refractivity contribution is -0.120. The summed E-state index contributed by atoms with van der Waals surface area (Å²) in [4.78, 5) is 12.2. The number of rotatable bonds is 6. The molecule has 0 aliphatic carbocycles. The van der Waals surface area contributed by atoms with Gasteiger partial charge in [-0.15, -0.1) is 10.2 Å². The number of halogens is 1. The maximum atomic E-state index is 12.9. The largest absolute Gasteiger partial charge is 0.411 e. The van der Waals surface area contributed by atoms with Gasteiger partial charge in [-0.05, 0) is 43.7 Å². The maximum Gasteiger partial charge on any atom is 0.277 e. The van der Waals surface area contributed by atoms with Gasteiger partial charge in [0.2, 0.25) is 11.8 Å². The van der Waals surface area contributed by atoms with Crippen LogP contribution in [-0.2, 0) is 11.3 Å². The highest BCUT2D eigenvalue weighted by Gasteiger charge is 2.18. The second-order valence-electron chi connectivity index (χ2n) is 5.85. The molecular formula is C19H18FN3O2S. The summed E-state index contributed by atoms with van der Waals surface area (Å²) in [6, 6.07) is 13.8. The van der Waals surface area contributed by atoms with E-state index in [4.69, 9.17) is 4.42 Å². The first kappa shape index (κ1) is 18.1. The van der Waals surface area contributed by atoms with Crippen molar-refractivity contribution >= 4 is 17.7 Å². The lowest BCUT2D eigenvalue weighted by Crippen LogP contribution is -2.30. The minimum absolute atomic E-state index is 0.158. The Morgan fingerprint density at radius 2 is 2.00 bits per heavy atom. The van der Waals surface area contributed by atoms with Gasteiger partial charge >= 0.3 is 0 Å². The molecule has 0 spiro atoms. The zero-order valence-corrected chi connectivity index (χ0v) is 15.2. The van der Waals surface area contributed by atoms with Crippen molar-refractivity contribution in [1.29, 1.82) is 0 Å². The zero-order valence-electron chi connectivity index (χ0n) is 14.4. The van der Waals surface area contributed by atoms with Crippen LogP contribution in [0.5, 0.6) is 0 Å². The molecule has 0 aliphatic rings. The standard InChI is InChI=1S/C19H18FN3O2S/c1-12-4-3-5-15(10-12)18-22-23-19(25-18)26-13(2)17(24)21-11-14-6-8-16(20)9-7-14/h3-10,13H,11H2,1-2H3,(H,21,24)/t13-/m0/s1. The van der Waals surface area contributed by atoms with E-state index < -0.39 is 5.25 Å². The third kappa shape index (κ3) is 4.70. The van der Waals surface area contributed by atoms with Crippen molar-refractivity contribution in [3.63, 3.8) is 0 Å². The molecule has 1 aromatic heterocycles. The quantitative estimate of drug-likeness (QED) is 0.664. The summed E-state index contributed by atoms with van der Waals surface area (Å²) in [6.45, 7) is 4.09. The monoisotopic (exact) mass is 371 g/mol. The first-order valence-corrected chi connectivity index (χ1v) is 8.98. The molecule has 0 aliphatic heterocycles. The van der Waals surface area contributed by atoms with Crippen LogP contribution in [0.2, 0.25) is 0 Å². The molecule has 3 aromatic rings. The van der Waals surface area contributed by atoms with Crippen LogP contribution in [0, 0.1) is 12.7 Å². The Bertz CT molecular complexity index is 896. The van der Waals surface area contributed by atoms with Gasteiger partial charge in [0.15, 0.2) is 0 Å². The van der Waals surface area contributed by atoms with Crippen molar-refractivity contribution in [2.75, 3.05) is 0 Å². The summed E-state index contributed by atoms with van der Waals surface area (Å²) in [5.74, 6) is -0.0328. The average Bonchev–Trinajstić information content (AvgIpc) is 3.09. The number of carbonyl (C=O) groups is 1. The molecule has 0 radical (unpaired) electrons. The molecule has 0 saturated heterocycles. The number of hydrogen-bond acceptors (Lipinski definition) is 5. The summed E-state index contributed by atoms with van der Waals surface area (Å²) >= 11 is 1.20. The second kappa shape index (κ2) is 8.14. The zero-order chi connectivity index (χ0) is 18.5. The molecule has 0 bridgehead atoms. The summed E-state index contributed by atoms with van der Waals surface area (Å²) in [6.07, 6.45) is 0. The number of nitrogens with zero attached hydrogens (tertiary/aromatic N) is 2. The van der Waals surface area contributed by atoms with Gasteiger partial charge in [-0.2, -0.15) is 0 Å². The Hall–Kier alpha value is -2.67. The van der Waals surface area contributed by atoms with Crippen molar-refractivity contribution in [1.82, 2.24) is 15.5 Å². The Balaban J connectivity index is 1.56. The third-order valence-electron chi connectivity index (χ3n) is 3.70. The molecule has 1 heterocycles. The number of thioether (sulfide) groups is 1. The lowest BCUT2D eigenvalue weighted by Gasteiger charge is -2.09. The van der Waals surface area contributed by atoms with Crippen molar-refractivity contribution < 1.29 is 13.6 Å². The molecule has 1 atom stereocenters. The fourth-order valence-electron chi connectivity index (χ4n) is 2.29. The van der Waals surface area contributed by atoms with Gasteiger partial charge in [-0.1, -0.05) is 41.6 Å². The van der Waals surface area contributed by atoms with Gasteiger partial charge < -0.3 is 9.73 Å². The normalized spacial score (nSPS) is 12.0. The van der Waals surface area contributed by atoms with Crippen LogP contribution in [0.25, 0.3) is 11.5 Å². The minimum atomic E-state index is -0.402. The smallest absolute Gasteiger partial charge is 0.277 e. The van der Waals surface area contributed by atoms with Crippen LogP contribution in [0.4, 0.5) is 4.39 Å². The number of benzene rings is 2. The molecule has 134 valence electrons. The number of carbonyl (C=O) groups excluding carboxylic acids is 1. The first-order valence-electron chi connectivity index (χ1n) is 8.10. The van der Waals surface area contributed by atoms with E-state index in [1.165, 1.54) is 23.9 Å². The minimum Gasteiger partial charge on any atom is -0.411 e. The number of aryl methyl sites for hydroxylation is 1. The predicted molar refractivity (Wildman–Crippen MR) is 98.0 cm³/mol. The molecule has 3 rings (SSSR count). The summed E-state index contributed by atoms with van der Waals surface area (Å²) in [7, 11) is 0. The number of aromatic nitrogens is 2. The lowest BCUT2D eigenvalue weighted by atomic mass is 10.1. The fourth-order valence-corrected chi connectivity index (χ4v) is 3.00. The molecule has 1 N–H and O–H groups in total. The van der Waals surface area contributed by atoms with Crippen LogP contribution in [0.1, 0.15) is 18.1 Å². The SMILES string of the molecule is Cc1cccc(-c2nnc(S[C@@H](C)C(=O)NCc3ccc(F)cc3)o2)c1. The van der Waals surface area contributed by atoms with Gasteiger partial charge in [-0.25, -0.2) is 4.39 Å². The number of amides is 1. The molecule has 2 aromatic carbocycles. The Morgan fingerprint density at radius 1 is 1.23 bits per heavy atom. The number of nitrogens with one attached hydrogen (secondary N) is 1. The van der Waals surface area contributed by atoms with Crippen LogP contribution in [-0.4, -0.2) is 21.4 Å². The van der Waals surface area contributed by atoms with Crippen molar-refractivity contribution in [3.8, 4) is 11.5 Å². The third-order valence-corrected chi connectivity index (χ3v) is 4.63. The Labute approximate surface area is 155 Å². The van der Waals surface area contributed by atoms with Crippen LogP contribution < -0.4 is 5.32 Å². The van der Waals surface area contributed by atoms with Crippen LogP contribution in [0.3, 0.4) is 0 Å². The highest BCUT2D eigenvalue weighted by atomic mass is 32.2. The van der Waals surface area contributed by atoms with E-state index in [0.29, 0.717) is 17.7 Å². The number of hydrogen-bond donors (Lipinski definition) is 1. The molecule has 0 unspecified atom stereocenters. The van der Waals surface area contributed by atoms with Crippen molar-refractivity contribution in [2.45, 2.75) is 30.9 Å². The second-order valence-corrected chi connectivity index (χ2v) is 7.14. The molecular weight excluding hydrogens is 353 g/mol. The van der Waals surface area contributed by atoms with Gasteiger partial charge in [0.1, 0.15) is 5.82 Å². The van der Waals surface area contributed by atoms with E-state index in [1.807, 2.05) is 31.2 Å². The van der Waals surface area contributed by atoms with E-state index in [2.05, 4.69) is 15.5 Å². The van der Waals surface area contributed by atoms with Gasteiger partial charge in [0.25, 0.3) is 5.22 Å². The molecule has 0 fully saturated rings. The van der Waals surface area contributed by atoms with E-state index in [9.17, 15) is 9.18 Å². The molecule has 26 heavy (non-hydrogen) atoms. The van der Waals surface area contributed by atoms with E-state index in [-0.39, 0.29) is 11.7 Å². The molecule has 1 amide bonds. The van der Waals surface area contributed by atoms with Gasteiger partial charge in [0.05, 0.1) is 5.25 Å². The Morgan fingerprint density at radius 3 is 2.73 bits per heavy atom. The van der Waals surface area contributed by atoms with Crippen molar-refractivity contribution in [3.05, 3.63) is 65.5 Å². The predicted octanol–water partition coefficient (Wildman–Crippen LogP) is 3.98. The molecule has 0 saturated carbocycles. The maximum absolute atomic E-state index is 12.9. The summed E-state index contributed by atoms with van der Waals surface area (Å²) in [5, 5.41) is 10.8. The fraction of sp³-hybridized carbons (Fsp3) is 0.211. The van der Waals surface area contributed by atoms with Crippen LogP contribution in [0.15, 0.2) is 58.2 Å². The van der Waals surface area contributed by atoms with Crippen molar-refractivity contribution in [2.24, 2.45) is 0 Å². The van der Waals surface area contributed by atoms with Gasteiger partial charge in [0, 0.05) is 12.1 Å². The highest BCUT2D eigenvalue weighted by Crippen LogP contribution is 2.26. The highest BCUT2D eigenvalue weighted by molar-refractivity contribution is 8.00. The first-order chi connectivity index (χ1) is 12.5.